The zero-order valence-electron chi connectivity index (χ0n) is 16.7. The molecule has 0 aliphatic rings. The van der Waals surface area contributed by atoms with Crippen LogP contribution in [0.1, 0.15) is 50.7 Å². The Balaban J connectivity index is 1.71. The lowest BCUT2D eigenvalue weighted by atomic mass is 10.1. The van der Waals surface area contributed by atoms with E-state index in [1.807, 2.05) is 48.5 Å². The van der Waals surface area contributed by atoms with Crippen molar-refractivity contribution in [3.05, 3.63) is 75.2 Å². The van der Waals surface area contributed by atoms with E-state index in [0.29, 0.717) is 5.69 Å². The Labute approximate surface area is 166 Å². The van der Waals surface area contributed by atoms with Crippen molar-refractivity contribution >= 4 is 17.1 Å². The fourth-order valence-corrected chi connectivity index (χ4v) is 3.14. The number of aromatic hydroxyl groups is 1. The van der Waals surface area contributed by atoms with Gasteiger partial charge in [-0.25, -0.2) is 4.99 Å². The quantitative estimate of drug-likeness (QED) is 0.533. The molecule has 0 spiro atoms. The van der Waals surface area contributed by atoms with Crippen LogP contribution in [-0.2, 0) is 12.8 Å². The van der Waals surface area contributed by atoms with E-state index in [4.69, 9.17) is 0 Å². The van der Waals surface area contributed by atoms with Crippen LogP contribution < -0.4 is 16.1 Å². The third kappa shape index (κ3) is 4.69. The van der Waals surface area contributed by atoms with Crippen molar-refractivity contribution in [2.75, 3.05) is 5.32 Å². The van der Waals surface area contributed by atoms with E-state index in [9.17, 15) is 9.90 Å². The molecule has 0 aliphatic heterocycles. The highest BCUT2D eigenvalue weighted by atomic mass is 16.3. The van der Waals surface area contributed by atoms with Gasteiger partial charge in [0.1, 0.15) is 5.69 Å². The SMILES string of the molecule is CCCCc1ccc(N=c2c(O)c(Nc3ccc(CCCC)cc3)c2=O)cc1. The number of hydrogen-bond donors (Lipinski definition) is 2. The zero-order chi connectivity index (χ0) is 19.9. The average Bonchev–Trinajstić information content (AvgIpc) is 2.74. The summed E-state index contributed by atoms with van der Waals surface area (Å²) in [4.78, 5) is 16.7. The molecule has 0 radical (unpaired) electrons. The van der Waals surface area contributed by atoms with E-state index in [-0.39, 0.29) is 22.2 Å². The summed E-state index contributed by atoms with van der Waals surface area (Å²) in [6.07, 6.45) is 6.74. The maximum absolute atomic E-state index is 12.4. The third-order valence-corrected chi connectivity index (χ3v) is 4.94. The first-order valence-electron chi connectivity index (χ1n) is 10.1. The van der Waals surface area contributed by atoms with Crippen LogP contribution in [0.25, 0.3) is 0 Å². The minimum absolute atomic E-state index is 0.0740. The topological polar surface area (TPSA) is 61.7 Å². The van der Waals surface area contributed by atoms with Crippen molar-refractivity contribution in [3.8, 4) is 5.75 Å². The number of anilines is 2. The Morgan fingerprint density at radius 2 is 1.39 bits per heavy atom. The molecule has 3 rings (SSSR count). The lowest BCUT2D eigenvalue weighted by Crippen LogP contribution is -2.33. The highest BCUT2D eigenvalue weighted by Gasteiger charge is 2.18. The van der Waals surface area contributed by atoms with Gasteiger partial charge in [0.25, 0.3) is 0 Å². The molecule has 0 bridgehead atoms. The van der Waals surface area contributed by atoms with Gasteiger partial charge < -0.3 is 10.4 Å². The second kappa shape index (κ2) is 9.36. The molecule has 4 nitrogen and oxygen atoms in total. The van der Waals surface area contributed by atoms with E-state index in [2.05, 4.69) is 24.2 Å². The third-order valence-electron chi connectivity index (χ3n) is 4.94. The van der Waals surface area contributed by atoms with Crippen LogP contribution in [0.5, 0.6) is 5.75 Å². The molecule has 0 amide bonds. The summed E-state index contributed by atoms with van der Waals surface area (Å²) in [5.41, 5.74) is 3.94. The van der Waals surface area contributed by atoms with Crippen LogP contribution in [0, 0.1) is 0 Å². The molecule has 0 aliphatic carbocycles. The van der Waals surface area contributed by atoms with Gasteiger partial charge >= 0.3 is 0 Å². The molecule has 2 N–H and O–H groups in total. The summed E-state index contributed by atoms with van der Waals surface area (Å²) < 4.78 is 0. The summed E-state index contributed by atoms with van der Waals surface area (Å²) in [6.45, 7) is 4.34. The van der Waals surface area contributed by atoms with Gasteiger partial charge in [0.15, 0.2) is 11.1 Å². The molecule has 0 aromatic heterocycles. The summed E-state index contributed by atoms with van der Waals surface area (Å²) in [6, 6.07) is 15.8. The van der Waals surface area contributed by atoms with Crippen molar-refractivity contribution in [2.24, 2.45) is 4.99 Å². The Hall–Kier alpha value is -2.88. The molecule has 0 heterocycles. The van der Waals surface area contributed by atoms with E-state index < -0.39 is 0 Å². The molecule has 0 saturated carbocycles. The Morgan fingerprint density at radius 3 is 1.89 bits per heavy atom. The normalized spacial score (nSPS) is 11.9. The first kappa shape index (κ1) is 19.9. The molecule has 0 fully saturated rings. The van der Waals surface area contributed by atoms with Crippen molar-refractivity contribution < 1.29 is 5.11 Å². The second-order valence-corrected chi connectivity index (χ2v) is 7.21. The first-order valence-corrected chi connectivity index (χ1v) is 10.1. The Bertz CT molecular complexity index is 979. The van der Waals surface area contributed by atoms with Crippen LogP contribution in [-0.4, -0.2) is 5.11 Å². The molecule has 146 valence electrons. The van der Waals surface area contributed by atoms with Crippen molar-refractivity contribution in [1.29, 1.82) is 0 Å². The fraction of sp³-hybridized carbons (Fsp3) is 0.333. The van der Waals surface area contributed by atoms with E-state index in [1.54, 1.807) is 0 Å². The van der Waals surface area contributed by atoms with E-state index in [0.717, 1.165) is 37.8 Å². The number of nitrogens with one attached hydrogen (secondary N) is 1. The number of unbranched alkanes of at least 4 members (excludes halogenated alkanes) is 2. The maximum atomic E-state index is 12.4. The van der Waals surface area contributed by atoms with E-state index in [1.165, 1.54) is 17.5 Å². The fourth-order valence-electron chi connectivity index (χ4n) is 3.14. The molecule has 0 saturated heterocycles. The molecule has 4 heteroatoms. The van der Waals surface area contributed by atoms with Gasteiger partial charge in [0, 0.05) is 5.69 Å². The first-order chi connectivity index (χ1) is 13.6. The molecular weight excluding hydrogens is 348 g/mol. The van der Waals surface area contributed by atoms with Gasteiger partial charge in [-0.3, -0.25) is 4.79 Å². The number of nitrogens with zero attached hydrogens (tertiary/aromatic N) is 1. The van der Waals surface area contributed by atoms with Gasteiger partial charge in [-0.15, -0.1) is 0 Å². The van der Waals surface area contributed by atoms with Gasteiger partial charge in [-0.1, -0.05) is 51.0 Å². The van der Waals surface area contributed by atoms with Crippen molar-refractivity contribution in [1.82, 2.24) is 0 Å². The predicted octanol–water partition coefficient (Wildman–Crippen LogP) is 5.29. The summed E-state index contributed by atoms with van der Waals surface area (Å²) in [5.74, 6) is -0.0740. The van der Waals surface area contributed by atoms with Gasteiger partial charge in [-0.2, -0.15) is 0 Å². The Kier molecular flexibility index (Phi) is 6.64. The van der Waals surface area contributed by atoms with Gasteiger partial charge in [0.05, 0.1) is 5.69 Å². The minimum Gasteiger partial charge on any atom is -0.504 e. The van der Waals surface area contributed by atoms with Crippen LogP contribution in [0.2, 0.25) is 0 Å². The number of hydrogen-bond acceptors (Lipinski definition) is 4. The second-order valence-electron chi connectivity index (χ2n) is 7.21. The highest BCUT2D eigenvalue weighted by molar-refractivity contribution is 5.69. The molecule has 3 aromatic rings. The van der Waals surface area contributed by atoms with Crippen LogP contribution in [0.15, 0.2) is 58.3 Å². The summed E-state index contributed by atoms with van der Waals surface area (Å²) >= 11 is 0. The molecular formula is C24H28N2O2. The van der Waals surface area contributed by atoms with Crippen LogP contribution in [0.4, 0.5) is 17.1 Å². The zero-order valence-corrected chi connectivity index (χ0v) is 16.7. The minimum atomic E-state index is -0.261. The van der Waals surface area contributed by atoms with Crippen molar-refractivity contribution in [2.45, 2.75) is 52.4 Å². The maximum Gasteiger partial charge on any atom is 0.235 e. The largest absolute Gasteiger partial charge is 0.504 e. The summed E-state index contributed by atoms with van der Waals surface area (Å²) in [5, 5.41) is 13.4. The summed E-state index contributed by atoms with van der Waals surface area (Å²) in [7, 11) is 0. The lowest BCUT2D eigenvalue weighted by Gasteiger charge is -2.11. The smallest absolute Gasteiger partial charge is 0.235 e. The molecule has 0 atom stereocenters. The molecule has 28 heavy (non-hydrogen) atoms. The van der Waals surface area contributed by atoms with E-state index >= 15 is 0 Å². The molecule has 0 unspecified atom stereocenters. The lowest BCUT2D eigenvalue weighted by molar-refractivity contribution is 0.464. The van der Waals surface area contributed by atoms with Gasteiger partial charge in [0.2, 0.25) is 5.43 Å². The van der Waals surface area contributed by atoms with Crippen LogP contribution in [0.3, 0.4) is 0 Å². The highest BCUT2D eigenvalue weighted by Crippen LogP contribution is 2.23. The number of benzene rings is 2. The van der Waals surface area contributed by atoms with Gasteiger partial charge in [-0.05, 0) is 61.1 Å². The van der Waals surface area contributed by atoms with Crippen molar-refractivity contribution in [3.63, 3.8) is 0 Å². The average molecular weight is 377 g/mol. The van der Waals surface area contributed by atoms with Crippen LogP contribution >= 0.6 is 0 Å². The predicted molar refractivity (Wildman–Crippen MR) is 115 cm³/mol. The molecule has 3 aromatic carbocycles. The number of aryl methyl sites for hydroxylation is 2. The monoisotopic (exact) mass is 376 g/mol. The Morgan fingerprint density at radius 1 is 0.857 bits per heavy atom. The number of rotatable bonds is 9. The standard InChI is InChI=1S/C24H28N2O2/c1-3-5-7-17-9-13-19(14-10-17)25-21-23(27)22(24(21)28)26-20-15-11-18(12-16-20)8-6-4-2/h9-16,25,27H,3-8H2,1-2H3.